The molecule has 0 fully saturated rings. The Morgan fingerprint density at radius 3 is 2.76 bits per heavy atom. The molecule has 0 heterocycles. The number of carbonyl (C=O) groups excluding carboxylic acids is 1. The maximum atomic E-state index is 11.1. The predicted octanol–water partition coefficient (Wildman–Crippen LogP) is 3.64. The summed E-state index contributed by atoms with van der Waals surface area (Å²) in [5.41, 5.74) is 0. The Labute approximate surface area is 130 Å². The molecule has 1 N–H and O–H groups in total. The molecular formula is C15H22ClNO4. The van der Waals surface area contributed by atoms with Crippen LogP contribution in [-0.4, -0.2) is 32.0 Å². The molecular weight excluding hydrogens is 294 g/mol. The first-order chi connectivity index (χ1) is 10.1. The van der Waals surface area contributed by atoms with Crippen LogP contribution in [0.1, 0.15) is 27.2 Å². The third-order valence-corrected chi connectivity index (χ3v) is 3.02. The number of rotatable bonds is 8. The Morgan fingerprint density at radius 1 is 1.38 bits per heavy atom. The van der Waals surface area contributed by atoms with E-state index in [0.29, 0.717) is 36.3 Å². The summed E-state index contributed by atoms with van der Waals surface area (Å²) >= 11 is 6.13. The molecule has 0 saturated heterocycles. The third-order valence-electron chi connectivity index (χ3n) is 2.72. The second-order valence-electron chi connectivity index (χ2n) is 4.42. The standard InChI is InChI=1S/C15H22ClNO4/c1-4-11(3)21-12-6-7-14(13(16)10-12)20-9-8-17-15(18)19-5-2/h6-7,10-11H,4-5,8-9H2,1-3H3,(H,17,18). The van der Waals surface area contributed by atoms with Crippen LogP contribution in [0.3, 0.4) is 0 Å². The Morgan fingerprint density at radius 2 is 2.14 bits per heavy atom. The van der Waals surface area contributed by atoms with Crippen LogP contribution in [0.4, 0.5) is 4.79 Å². The second kappa shape index (κ2) is 9.34. The quantitative estimate of drug-likeness (QED) is 0.744. The summed E-state index contributed by atoms with van der Waals surface area (Å²) in [7, 11) is 0. The van der Waals surface area contributed by atoms with Crippen molar-refractivity contribution in [2.24, 2.45) is 0 Å². The highest BCUT2D eigenvalue weighted by Crippen LogP contribution is 2.29. The summed E-state index contributed by atoms with van der Waals surface area (Å²) in [5, 5.41) is 3.04. The molecule has 0 radical (unpaired) electrons. The van der Waals surface area contributed by atoms with Crippen molar-refractivity contribution in [2.45, 2.75) is 33.3 Å². The first-order valence-corrected chi connectivity index (χ1v) is 7.44. The van der Waals surface area contributed by atoms with Crippen molar-refractivity contribution in [2.75, 3.05) is 19.8 Å². The van der Waals surface area contributed by atoms with Crippen molar-refractivity contribution in [3.05, 3.63) is 23.2 Å². The van der Waals surface area contributed by atoms with E-state index in [4.69, 9.17) is 25.8 Å². The van der Waals surface area contributed by atoms with E-state index in [0.717, 1.165) is 6.42 Å². The summed E-state index contributed by atoms with van der Waals surface area (Å²) in [5.74, 6) is 1.27. The normalized spacial score (nSPS) is 11.6. The number of nitrogens with one attached hydrogen (secondary N) is 1. The zero-order valence-electron chi connectivity index (χ0n) is 12.6. The Hall–Kier alpha value is -1.62. The number of carbonyl (C=O) groups is 1. The number of benzene rings is 1. The Bertz CT molecular complexity index is 453. The van der Waals surface area contributed by atoms with Crippen LogP contribution in [0.5, 0.6) is 11.5 Å². The fourth-order valence-electron chi connectivity index (χ4n) is 1.48. The highest BCUT2D eigenvalue weighted by molar-refractivity contribution is 6.32. The lowest BCUT2D eigenvalue weighted by molar-refractivity contribution is 0.150. The molecule has 1 unspecified atom stereocenters. The topological polar surface area (TPSA) is 56.8 Å². The average Bonchev–Trinajstić information content (AvgIpc) is 2.45. The average molecular weight is 316 g/mol. The van der Waals surface area contributed by atoms with Crippen molar-refractivity contribution in [3.8, 4) is 11.5 Å². The zero-order valence-corrected chi connectivity index (χ0v) is 13.4. The first-order valence-electron chi connectivity index (χ1n) is 7.06. The molecule has 0 spiro atoms. The van der Waals surface area contributed by atoms with Gasteiger partial charge in [0.05, 0.1) is 24.3 Å². The maximum Gasteiger partial charge on any atom is 0.407 e. The molecule has 1 rings (SSSR count). The van der Waals surface area contributed by atoms with Crippen LogP contribution < -0.4 is 14.8 Å². The maximum absolute atomic E-state index is 11.1. The minimum atomic E-state index is -0.454. The highest BCUT2D eigenvalue weighted by Gasteiger charge is 2.07. The van der Waals surface area contributed by atoms with Crippen LogP contribution >= 0.6 is 11.6 Å². The van der Waals surface area contributed by atoms with Gasteiger partial charge in [0.15, 0.2) is 0 Å². The van der Waals surface area contributed by atoms with Crippen molar-refractivity contribution >= 4 is 17.7 Å². The third kappa shape index (κ3) is 6.58. The van der Waals surface area contributed by atoms with Gasteiger partial charge in [-0.3, -0.25) is 0 Å². The zero-order chi connectivity index (χ0) is 15.7. The molecule has 0 aliphatic rings. The molecule has 1 aromatic rings. The van der Waals surface area contributed by atoms with Crippen LogP contribution in [0.25, 0.3) is 0 Å². The van der Waals surface area contributed by atoms with Crippen molar-refractivity contribution in [3.63, 3.8) is 0 Å². The van der Waals surface area contributed by atoms with Crippen LogP contribution in [0.15, 0.2) is 18.2 Å². The minimum absolute atomic E-state index is 0.140. The Balaban J connectivity index is 2.40. The number of alkyl carbamates (subject to hydrolysis) is 1. The van der Waals surface area contributed by atoms with Crippen LogP contribution in [0.2, 0.25) is 5.02 Å². The van der Waals surface area contributed by atoms with Gasteiger partial charge in [-0.15, -0.1) is 0 Å². The van der Waals surface area contributed by atoms with Gasteiger partial charge < -0.3 is 19.5 Å². The first kappa shape index (κ1) is 17.4. The molecule has 118 valence electrons. The van der Waals surface area contributed by atoms with E-state index in [-0.39, 0.29) is 6.10 Å². The fraction of sp³-hybridized carbons (Fsp3) is 0.533. The lowest BCUT2D eigenvalue weighted by atomic mass is 10.3. The molecule has 0 aliphatic heterocycles. The number of amides is 1. The number of hydrogen-bond donors (Lipinski definition) is 1. The summed E-state index contributed by atoms with van der Waals surface area (Å²) in [6, 6.07) is 5.29. The van der Waals surface area contributed by atoms with E-state index >= 15 is 0 Å². The Kier molecular flexibility index (Phi) is 7.75. The van der Waals surface area contributed by atoms with Gasteiger partial charge in [0, 0.05) is 6.07 Å². The molecule has 6 heteroatoms. The fourth-order valence-corrected chi connectivity index (χ4v) is 1.71. The van der Waals surface area contributed by atoms with Gasteiger partial charge in [-0.2, -0.15) is 0 Å². The largest absolute Gasteiger partial charge is 0.491 e. The van der Waals surface area contributed by atoms with Gasteiger partial charge in [-0.25, -0.2) is 4.79 Å². The summed E-state index contributed by atoms with van der Waals surface area (Å²) in [4.78, 5) is 11.1. The predicted molar refractivity (Wildman–Crippen MR) is 82.4 cm³/mol. The van der Waals surface area contributed by atoms with Crippen molar-refractivity contribution in [1.29, 1.82) is 0 Å². The monoisotopic (exact) mass is 315 g/mol. The lowest BCUT2D eigenvalue weighted by Gasteiger charge is -2.14. The van der Waals surface area contributed by atoms with Crippen molar-refractivity contribution in [1.82, 2.24) is 5.32 Å². The molecule has 0 aliphatic carbocycles. The highest BCUT2D eigenvalue weighted by atomic mass is 35.5. The van der Waals surface area contributed by atoms with E-state index in [2.05, 4.69) is 12.2 Å². The SMILES string of the molecule is CCOC(=O)NCCOc1ccc(OC(C)CC)cc1Cl. The van der Waals surface area contributed by atoms with E-state index in [1.54, 1.807) is 19.1 Å². The summed E-state index contributed by atoms with van der Waals surface area (Å²) < 4.78 is 15.9. The molecule has 21 heavy (non-hydrogen) atoms. The summed E-state index contributed by atoms with van der Waals surface area (Å²) in [6.07, 6.45) is 0.612. The minimum Gasteiger partial charge on any atom is -0.491 e. The van der Waals surface area contributed by atoms with Crippen LogP contribution in [-0.2, 0) is 4.74 Å². The molecule has 0 saturated carbocycles. The van der Waals surface area contributed by atoms with Crippen molar-refractivity contribution < 1.29 is 19.0 Å². The van der Waals surface area contributed by atoms with Gasteiger partial charge in [-0.05, 0) is 32.4 Å². The molecule has 0 aromatic heterocycles. The van der Waals surface area contributed by atoms with E-state index in [1.807, 2.05) is 13.0 Å². The number of hydrogen-bond acceptors (Lipinski definition) is 4. The van der Waals surface area contributed by atoms with E-state index in [9.17, 15) is 4.79 Å². The molecule has 0 bridgehead atoms. The summed E-state index contributed by atoms with van der Waals surface area (Å²) in [6.45, 7) is 6.80. The number of ether oxygens (including phenoxy) is 3. The molecule has 1 aromatic carbocycles. The molecule has 1 atom stereocenters. The number of halogens is 1. The van der Waals surface area contributed by atoms with E-state index < -0.39 is 6.09 Å². The van der Waals surface area contributed by atoms with Gasteiger partial charge in [0.25, 0.3) is 0 Å². The van der Waals surface area contributed by atoms with Gasteiger partial charge in [0.2, 0.25) is 0 Å². The molecule has 5 nitrogen and oxygen atoms in total. The van der Waals surface area contributed by atoms with E-state index in [1.165, 1.54) is 0 Å². The second-order valence-corrected chi connectivity index (χ2v) is 4.83. The lowest BCUT2D eigenvalue weighted by Crippen LogP contribution is -2.28. The smallest absolute Gasteiger partial charge is 0.407 e. The molecule has 1 amide bonds. The van der Waals surface area contributed by atoms with Gasteiger partial charge in [0.1, 0.15) is 18.1 Å². The van der Waals surface area contributed by atoms with Gasteiger partial charge in [-0.1, -0.05) is 18.5 Å². The van der Waals surface area contributed by atoms with Crippen LogP contribution in [0, 0.1) is 0 Å². The van der Waals surface area contributed by atoms with Gasteiger partial charge >= 0.3 is 6.09 Å².